The van der Waals surface area contributed by atoms with E-state index in [1.165, 1.54) is 0 Å². The van der Waals surface area contributed by atoms with Crippen LogP contribution < -0.4 is 15.5 Å². The smallest absolute Gasteiger partial charge is 0.227 e. The third-order valence-electron chi connectivity index (χ3n) is 3.81. The van der Waals surface area contributed by atoms with Crippen molar-refractivity contribution in [1.82, 2.24) is 15.6 Å². The molecule has 3 rings (SSSR count). The van der Waals surface area contributed by atoms with Crippen LogP contribution in [-0.2, 0) is 9.59 Å². The summed E-state index contributed by atoms with van der Waals surface area (Å²) in [6.45, 7) is 3.93. The molecular weight excluding hydrogens is 256 g/mol. The second kappa shape index (κ2) is 5.58. The Bertz CT molecular complexity index is 492. The fourth-order valence-electron chi connectivity index (χ4n) is 2.74. The molecule has 0 atom stereocenters. The number of imide groups is 1. The normalized spacial score (nSPS) is 20.9. The fourth-order valence-corrected chi connectivity index (χ4v) is 2.74. The van der Waals surface area contributed by atoms with Gasteiger partial charge in [0, 0.05) is 50.6 Å². The summed E-state index contributed by atoms with van der Waals surface area (Å²) < 4.78 is 0. The van der Waals surface area contributed by atoms with Crippen LogP contribution in [0.15, 0.2) is 18.3 Å². The molecule has 2 fully saturated rings. The quantitative estimate of drug-likeness (QED) is 0.743. The van der Waals surface area contributed by atoms with E-state index in [1.54, 1.807) is 0 Å². The number of pyridine rings is 1. The number of anilines is 1. The monoisotopic (exact) mass is 274 g/mol. The molecule has 3 heterocycles. The molecule has 20 heavy (non-hydrogen) atoms. The summed E-state index contributed by atoms with van der Waals surface area (Å²) in [5.74, 6) is -0.508. The number of carbonyl (C=O) groups is 2. The van der Waals surface area contributed by atoms with Crippen LogP contribution in [0.4, 0.5) is 5.69 Å². The number of carbonyl (C=O) groups excluding carboxylic acids is 2. The summed E-state index contributed by atoms with van der Waals surface area (Å²) >= 11 is 0. The SMILES string of the molecule is O=C1CC(c2ccc(N3CCNCC3)cn2)CC(=O)N1. The summed E-state index contributed by atoms with van der Waals surface area (Å²) in [6, 6.07) is 3.97. The van der Waals surface area contributed by atoms with Gasteiger partial charge in [-0.25, -0.2) is 0 Å². The molecule has 6 nitrogen and oxygen atoms in total. The van der Waals surface area contributed by atoms with Gasteiger partial charge in [0.25, 0.3) is 0 Å². The zero-order chi connectivity index (χ0) is 13.9. The van der Waals surface area contributed by atoms with Crippen LogP contribution in [-0.4, -0.2) is 43.0 Å². The van der Waals surface area contributed by atoms with Crippen molar-refractivity contribution in [3.05, 3.63) is 24.0 Å². The Hall–Kier alpha value is -1.95. The fraction of sp³-hybridized carbons (Fsp3) is 0.500. The summed E-state index contributed by atoms with van der Waals surface area (Å²) in [7, 11) is 0. The zero-order valence-electron chi connectivity index (χ0n) is 11.3. The number of hydrogen-bond acceptors (Lipinski definition) is 5. The number of piperazine rings is 1. The minimum Gasteiger partial charge on any atom is -0.368 e. The van der Waals surface area contributed by atoms with E-state index in [2.05, 4.69) is 20.5 Å². The number of nitrogens with zero attached hydrogens (tertiary/aromatic N) is 2. The molecule has 2 saturated heterocycles. The van der Waals surface area contributed by atoms with Crippen LogP contribution in [0.1, 0.15) is 24.5 Å². The van der Waals surface area contributed by atoms with Gasteiger partial charge in [-0.15, -0.1) is 0 Å². The maximum absolute atomic E-state index is 11.4. The molecule has 2 N–H and O–H groups in total. The predicted molar refractivity (Wildman–Crippen MR) is 74.4 cm³/mol. The average molecular weight is 274 g/mol. The molecule has 2 aliphatic heterocycles. The first-order valence-electron chi connectivity index (χ1n) is 6.96. The molecule has 2 aliphatic rings. The Morgan fingerprint density at radius 3 is 2.40 bits per heavy atom. The van der Waals surface area contributed by atoms with E-state index in [-0.39, 0.29) is 17.7 Å². The van der Waals surface area contributed by atoms with E-state index in [4.69, 9.17) is 0 Å². The van der Waals surface area contributed by atoms with Crippen LogP contribution in [0.5, 0.6) is 0 Å². The lowest BCUT2D eigenvalue weighted by molar-refractivity contribution is -0.133. The molecule has 0 spiro atoms. The molecule has 0 aromatic carbocycles. The first-order chi connectivity index (χ1) is 9.72. The summed E-state index contributed by atoms with van der Waals surface area (Å²) in [5.41, 5.74) is 1.92. The Balaban J connectivity index is 1.72. The molecular formula is C14H18N4O2. The van der Waals surface area contributed by atoms with Crippen molar-refractivity contribution in [3.63, 3.8) is 0 Å². The molecule has 0 saturated carbocycles. The number of amides is 2. The van der Waals surface area contributed by atoms with E-state index in [1.807, 2.05) is 18.3 Å². The van der Waals surface area contributed by atoms with Gasteiger partial charge >= 0.3 is 0 Å². The first-order valence-corrected chi connectivity index (χ1v) is 6.96. The second-order valence-corrected chi connectivity index (χ2v) is 5.25. The Kier molecular flexibility index (Phi) is 3.64. The van der Waals surface area contributed by atoms with E-state index >= 15 is 0 Å². The van der Waals surface area contributed by atoms with Crippen molar-refractivity contribution >= 4 is 17.5 Å². The van der Waals surface area contributed by atoms with Gasteiger partial charge in [0.1, 0.15) is 0 Å². The Morgan fingerprint density at radius 1 is 1.10 bits per heavy atom. The van der Waals surface area contributed by atoms with Crippen molar-refractivity contribution in [2.45, 2.75) is 18.8 Å². The van der Waals surface area contributed by atoms with Gasteiger partial charge in [-0.3, -0.25) is 19.9 Å². The number of nitrogens with one attached hydrogen (secondary N) is 2. The largest absolute Gasteiger partial charge is 0.368 e. The van der Waals surface area contributed by atoms with E-state index in [0.29, 0.717) is 12.8 Å². The van der Waals surface area contributed by atoms with E-state index in [0.717, 1.165) is 37.6 Å². The van der Waals surface area contributed by atoms with Crippen molar-refractivity contribution < 1.29 is 9.59 Å². The summed E-state index contributed by atoms with van der Waals surface area (Å²) in [6.07, 6.45) is 2.52. The van der Waals surface area contributed by atoms with E-state index < -0.39 is 0 Å². The standard InChI is InChI=1S/C14H18N4O2/c19-13-7-10(8-14(20)17-13)12-2-1-11(9-16-12)18-5-3-15-4-6-18/h1-2,9-10,15H,3-8H2,(H,17,19,20). The molecule has 1 aromatic rings. The van der Waals surface area contributed by atoms with Crippen LogP contribution in [0.25, 0.3) is 0 Å². The second-order valence-electron chi connectivity index (χ2n) is 5.25. The molecule has 2 amide bonds. The number of aromatic nitrogens is 1. The summed E-state index contributed by atoms with van der Waals surface area (Å²) in [4.78, 5) is 29.5. The minimum absolute atomic E-state index is 0.0895. The van der Waals surface area contributed by atoms with Gasteiger partial charge in [-0.2, -0.15) is 0 Å². The minimum atomic E-state index is -0.209. The van der Waals surface area contributed by atoms with Gasteiger partial charge in [-0.1, -0.05) is 0 Å². The zero-order valence-corrected chi connectivity index (χ0v) is 11.3. The highest BCUT2D eigenvalue weighted by atomic mass is 16.2. The number of hydrogen-bond donors (Lipinski definition) is 2. The first kappa shape index (κ1) is 13.1. The van der Waals surface area contributed by atoms with Crippen LogP contribution in [0.3, 0.4) is 0 Å². The van der Waals surface area contributed by atoms with E-state index in [9.17, 15) is 9.59 Å². The lowest BCUT2D eigenvalue weighted by Gasteiger charge is -2.29. The maximum Gasteiger partial charge on any atom is 0.227 e. The number of piperidine rings is 1. The lowest BCUT2D eigenvalue weighted by atomic mass is 9.93. The topological polar surface area (TPSA) is 74.3 Å². The third kappa shape index (κ3) is 2.80. The Morgan fingerprint density at radius 2 is 1.80 bits per heavy atom. The maximum atomic E-state index is 11.4. The van der Waals surface area contributed by atoms with Crippen LogP contribution >= 0.6 is 0 Å². The molecule has 1 aromatic heterocycles. The molecule has 0 radical (unpaired) electrons. The average Bonchev–Trinajstić information content (AvgIpc) is 2.47. The number of rotatable bonds is 2. The van der Waals surface area contributed by atoms with Crippen molar-refractivity contribution in [2.75, 3.05) is 31.1 Å². The molecule has 0 unspecified atom stereocenters. The molecule has 6 heteroatoms. The molecule has 0 aliphatic carbocycles. The van der Waals surface area contributed by atoms with Gasteiger partial charge in [0.05, 0.1) is 11.9 Å². The highest BCUT2D eigenvalue weighted by molar-refractivity contribution is 5.98. The van der Waals surface area contributed by atoms with Crippen molar-refractivity contribution in [1.29, 1.82) is 0 Å². The predicted octanol–water partition coefficient (Wildman–Crippen LogP) is 0.0114. The van der Waals surface area contributed by atoms with Gasteiger partial charge < -0.3 is 10.2 Å². The van der Waals surface area contributed by atoms with Crippen LogP contribution in [0, 0.1) is 0 Å². The van der Waals surface area contributed by atoms with Gasteiger partial charge in [-0.05, 0) is 12.1 Å². The lowest BCUT2D eigenvalue weighted by Crippen LogP contribution is -2.43. The molecule has 106 valence electrons. The highest BCUT2D eigenvalue weighted by Gasteiger charge is 2.27. The van der Waals surface area contributed by atoms with Crippen molar-refractivity contribution in [3.8, 4) is 0 Å². The van der Waals surface area contributed by atoms with Gasteiger partial charge in [0.2, 0.25) is 11.8 Å². The third-order valence-corrected chi connectivity index (χ3v) is 3.81. The van der Waals surface area contributed by atoms with Crippen LogP contribution in [0.2, 0.25) is 0 Å². The highest BCUT2D eigenvalue weighted by Crippen LogP contribution is 2.26. The molecule has 0 bridgehead atoms. The Labute approximate surface area is 117 Å². The van der Waals surface area contributed by atoms with Gasteiger partial charge in [0.15, 0.2) is 0 Å². The summed E-state index contributed by atoms with van der Waals surface area (Å²) in [5, 5.41) is 5.63. The van der Waals surface area contributed by atoms with Crippen molar-refractivity contribution in [2.24, 2.45) is 0 Å².